The van der Waals surface area contributed by atoms with E-state index in [1.807, 2.05) is 37.3 Å². The van der Waals surface area contributed by atoms with Crippen LogP contribution in [0, 0.1) is 10.1 Å². The SMILES string of the molecule is CCC[C@H](NC(=O)COC(=O)/C=C/c1ccccc1[N+](=O)[O-])c1ccccc1. The van der Waals surface area contributed by atoms with Gasteiger partial charge in [-0.15, -0.1) is 0 Å². The smallest absolute Gasteiger partial charge is 0.331 e. The number of hydrogen-bond donors (Lipinski definition) is 1. The molecule has 0 heterocycles. The van der Waals surface area contributed by atoms with Crippen LogP contribution in [0.2, 0.25) is 0 Å². The molecule has 2 rings (SSSR count). The number of carbonyl (C=O) groups excluding carboxylic acids is 2. The number of nitrogens with zero attached hydrogens (tertiary/aromatic N) is 1. The Bertz CT molecular complexity index is 849. The van der Waals surface area contributed by atoms with E-state index in [1.54, 1.807) is 6.07 Å². The van der Waals surface area contributed by atoms with Gasteiger partial charge in [0.1, 0.15) is 0 Å². The van der Waals surface area contributed by atoms with Crippen molar-refractivity contribution in [3.8, 4) is 0 Å². The average molecular weight is 382 g/mol. The van der Waals surface area contributed by atoms with Crippen LogP contribution in [-0.4, -0.2) is 23.4 Å². The molecule has 7 nitrogen and oxygen atoms in total. The third kappa shape index (κ3) is 6.35. The number of nitro benzene ring substituents is 1. The second-order valence-corrected chi connectivity index (χ2v) is 6.08. The van der Waals surface area contributed by atoms with E-state index in [0.29, 0.717) is 0 Å². The molecule has 2 aromatic rings. The van der Waals surface area contributed by atoms with E-state index in [2.05, 4.69) is 5.32 Å². The fourth-order valence-electron chi connectivity index (χ4n) is 2.67. The molecule has 0 unspecified atom stereocenters. The zero-order chi connectivity index (χ0) is 20.4. The predicted octanol–water partition coefficient (Wildman–Crippen LogP) is 3.81. The third-order valence-corrected chi connectivity index (χ3v) is 3.99. The molecule has 0 saturated heterocycles. The molecule has 0 aliphatic rings. The number of hydrogen-bond acceptors (Lipinski definition) is 5. The minimum atomic E-state index is -0.750. The van der Waals surface area contributed by atoms with Crippen LogP contribution in [-0.2, 0) is 14.3 Å². The highest BCUT2D eigenvalue weighted by atomic mass is 16.6. The van der Waals surface area contributed by atoms with Gasteiger partial charge < -0.3 is 10.1 Å². The van der Waals surface area contributed by atoms with Crippen LogP contribution in [0.4, 0.5) is 5.69 Å². The molecule has 0 saturated carbocycles. The lowest BCUT2D eigenvalue weighted by atomic mass is 10.0. The fourth-order valence-corrected chi connectivity index (χ4v) is 2.67. The molecule has 0 fully saturated rings. The summed E-state index contributed by atoms with van der Waals surface area (Å²) in [7, 11) is 0. The van der Waals surface area contributed by atoms with Gasteiger partial charge in [0.2, 0.25) is 0 Å². The van der Waals surface area contributed by atoms with Crippen molar-refractivity contribution in [2.45, 2.75) is 25.8 Å². The number of rotatable bonds is 9. The summed E-state index contributed by atoms with van der Waals surface area (Å²) in [5.74, 6) is -1.16. The van der Waals surface area contributed by atoms with Crippen LogP contribution in [0.5, 0.6) is 0 Å². The molecule has 1 amide bonds. The average Bonchev–Trinajstić information content (AvgIpc) is 2.71. The number of amides is 1. The standard InChI is InChI=1S/C21H22N2O5/c1-2-8-18(16-9-4-3-5-10-16)22-20(24)15-28-21(25)14-13-17-11-6-7-12-19(17)23(26)27/h3-7,9-14,18H,2,8,15H2,1H3,(H,22,24)/b14-13+/t18-/m0/s1. The topological polar surface area (TPSA) is 98.5 Å². The molecule has 146 valence electrons. The van der Waals surface area contributed by atoms with Gasteiger partial charge in [0.05, 0.1) is 16.5 Å². The first-order chi connectivity index (χ1) is 13.5. The van der Waals surface area contributed by atoms with E-state index in [0.717, 1.165) is 24.5 Å². The molecule has 0 aliphatic heterocycles. The number of nitro groups is 1. The van der Waals surface area contributed by atoms with Crippen LogP contribution < -0.4 is 5.32 Å². The van der Waals surface area contributed by atoms with Crippen LogP contribution >= 0.6 is 0 Å². The molecule has 28 heavy (non-hydrogen) atoms. The van der Waals surface area contributed by atoms with Gasteiger partial charge in [0, 0.05) is 12.1 Å². The van der Waals surface area contributed by atoms with Crippen molar-refractivity contribution in [2.24, 2.45) is 0 Å². The first-order valence-corrected chi connectivity index (χ1v) is 8.93. The normalized spacial score (nSPS) is 11.8. The lowest BCUT2D eigenvalue weighted by molar-refractivity contribution is -0.385. The van der Waals surface area contributed by atoms with Gasteiger partial charge in [0.15, 0.2) is 6.61 Å². The Labute approximate surface area is 163 Å². The molecular weight excluding hydrogens is 360 g/mol. The molecular formula is C21H22N2O5. The maximum absolute atomic E-state index is 12.1. The van der Waals surface area contributed by atoms with E-state index in [9.17, 15) is 19.7 Å². The quantitative estimate of drug-likeness (QED) is 0.308. The largest absolute Gasteiger partial charge is 0.452 e. The van der Waals surface area contributed by atoms with Gasteiger partial charge in [-0.1, -0.05) is 55.8 Å². The highest BCUT2D eigenvalue weighted by molar-refractivity contribution is 5.90. The molecule has 1 N–H and O–H groups in total. The molecule has 0 radical (unpaired) electrons. The van der Waals surface area contributed by atoms with Crippen molar-refractivity contribution >= 4 is 23.6 Å². The van der Waals surface area contributed by atoms with E-state index < -0.39 is 23.4 Å². The lowest BCUT2D eigenvalue weighted by Crippen LogP contribution is -2.32. The molecule has 7 heteroatoms. The van der Waals surface area contributed by atoms with Crippen LogP contribution in [0.1, 0.15) is 36.9 Å². The first-order valence-electron chi connectivity index (χ1n) is 8.93. The highest BCUT2D eigenvalue weighted by Crippen LogP contribution is 2.19. The highest BCUT2D eigenvalue weighted by Gasteiger charge is 2.15. The Kier molecular flexibility index (Phi) is 7.90. The van der Waals surface area contributed by atoms with Crippen molar-refractivity contribution in [1.82, 2.24) is 5.32 Å². The van der Waals surface area contributed by atoms with E-state index in [4.69, 9.17) is 4.74 Å². The Morgan fingerprint density at radius 1 is 1.14 bits per heavy atom. The van der Waals surface area contributed by atoms with Gasteiger partial charge in [-0.25, -0.2) is 4.79 Å². The zero-order valence-electron chi connectivity index (χ0n) is 15.5. The molecule has 1 atom stereocenters. The van der Waals surface area contributed by atoms with E-state index in [-0.39, 0.29) is 17.3 Å². The number of para-hydroxylation sites is 1. The molecule has 0 aromatic heterocycles. The summed E-state index contributed by atoms with van der Waals surface area (Å²) in [6.07, 6.45) is 4.01. The van der Waals surface area contributed by atoms with Gasteiger partial charge in [0.25, 0.3) is 11.6 Å². The second kappa shape index (κ2) is 10.6. The minimum absolute atomic E-state index is 0.116. The number of benzene rings is 2. The van der Waals surface area contributed by atoms with Crippen molar-refractivity contribution < 1.29 is 19.2 Å². The van der Waals surface area contributed by atoms with Gasteiger partial charge in [-0.3, -0.25) is 14.9 Å². The van der Waals surface area contributed by atoms with Crippen molar-refractivity contribution in [3.63, 3.8) is 0 Å². The Morgan fingerprint density at radius 3 is 2.50 bits per heavy atom. The van der Waals surface area contributed by atoms with Gasteiger partial charge in [-0.05, 0) is 24.1 Å². The van der Waals surface area contributed by atoms with E-state index >= 15 is 0 Å². The third-order valence-electron chi connectivity index (χ3n) is 3.99. The number of esters is 1. The maximum Gasteiger partial charge on any atom is 0.331 e. The maximum atomic E-state index is 12.1. The number of ether oxygens (including phenoxy) is 1. The van der Waals surface area contributed by atoms with E-state index in [1.165, 1.54) is 24.3 Å². The Balaban J connectivity index is 1.90. The summed E-state index contributed by atoms with van der Waals surface area (Å²) >= 11 is 0. The second-order valence-electron chi connectivity index (χ2n) is 6.08. The molecule has 0 aliphatic carbocycles. The summed E-state index contributed by atoms with van der Waals surface area (Å²) < 4.78 is 4.93. The molecule has 2 aromatic carbocycles. The fraction of sp³-hybridized carbons (Fsp3) is 0.238. The van der Waals surface area contributed by atoms with Crippen LogP contribution in [0.25, 0.3) is 6.08 Å². The Hall–Kier alpha value is -3.48. The minimum Gasteiger partial charge on any atom is -0.452 e. The molecule has 0 bridgehead atoms. The zero-order valence-corrected chi connectivity index (χ0v) is 15.5. The summed E-state index contributed by atoms with van der Waals surface area (Å²) in [5, 5.41) is 13.8. The van der Waals surface area contributed by atoms with Gasteiger partial charge in [-0.2, -0.15) is 0 Å². The van der Waals surface area contributed by atoms with Crippen LogP contribution in [0.15, 0.2) is 60.7 Å². The lowest BCUT2D eigenvalue weighted by Gasteiger charge is -2.18. The van der Waals surface area contributed by atoms with Gasteiger partial charge >= 0.3 is 5.97 Å². The summed E-state index contributed by atoms with van der Waals surface area (Å²) in [4.78, 5) is 34.4. The summed E-state index contributed by atoms with van der Waals surface area (Å²) in [6, 6.07) is 15.4. The molecule has 0 spiro atoms. The van der Waals surface area contributed by atoms with Crippen molar-refractivity contribution in [1.29, 1.82) is 0 Å². The summed E-state index contributed by atoms with van der Waals surface area (Å²) in [6.45, 7) is 1.60. The number of carbonyl (C=O) groups is 2. The predicted molar refractivity (Wildman–Crippen MR) is 105 cm³/mol. The first kappa shape index (κ1) is 20.8. The number of nitrogens with one attached hydrogen (secondary N) is 1. The van der Waals surface area contributed by atoms with Crippen LogP contribution in [0.3, 0.4) is 0 Å². The summed E-state index contributed by atoms with van der Waals surface area (Å²) in [5.41, 5.74) is 1.15. The van der Waals surface area contributed by atoms with Crippen molar-refractivity contribution in [3.05, 3.63) is 81.9 Å². The van der Waals surface area contributed by atoms with Crippen molar-refractivity contribution in [2.75, 3.05) is 6.61 Å². The monoisotopic (exact) mass is 382 g/mol. The Morgan fingerprint density at radius 2 is 1.82 bits per heavy atom.